The molecule has 0 heterocycles. The van der Waals surface area contributed by atoms with Crippen molar-refractivity contribution in [2.75, 3.05) is 13.1 Å². The molecule has 0 spiro atoms. The Balaban J connectivity index is 0.00000338. The summed E-state index contributed by atoms with van der Waals surface area (Å²) in [5, 5.41) is 17.1. The Morgan fingerprint density at radius 3 is 2.54 bits per heavy atom. The first-order valence-corrected chi connectivity index (χ1v) is 8.85. The van der Waals surface area contributed by atoms with Gasteiger partial charge in [-0.05, 0) is 31.7 Å². The van der Waals surface area contributed by atoms with Crippen molar-refractivity contribution in [2.45, 2.75) is 29.7 Å². The molecule has 26 heavy (non-hydrogen) atoms. The summed E-state index contributed by atoms with van der Waals surface area (Å²) in [6.07, 6.45) is 0. The van der Waals surface area contributed by atoms with E-state index >= 15 is 0 Å². The van der Waals surface area contributed by atoms with Gasteiger partial charge in [0.2, 0.25) is 0 Å². The van der Waals surface area contributed by atoms with Gasteiger partial charge < -0.3 is 10.6 Å². The van der Waals surface area contributed by atoms with E-state index in [-0.39, 0.29) is 30.0 Å². The lowest BCUT2D eigenvalue weighted by Gasteiger charge is -2.14. The highest BCUT2D eigenvalue weighted by atomic mass is 35.5. The number of benzene rings is 2. The van der Waals surface area contributed by atoms with Crippen LogP contribution in [0.4, 0.5) is 5.69 Å². The normalized spacial score (nSPS) is 11.3. The zero-order valence-electron chi connectivity index (χ0n) is 14.6. The van der Waals surface area contributed by atoms with Gasteiger partial charge in [-0.1, -0.05) is 36.9 Å². The molecular formula is C18H22ClN3O3S. The smallest absolute Gasteiger partial charge is 0.270 e. The van der Waals surface area contributed by atoms with Gasteiger partial charge in [0.15, 0.2) is 0 Å². The van der Waals surface area contributed by atoms with Crippen molar-refractivity contribution in [3.63, 3.8) is 0 Å². The maximum atomic E-state index is 12.6. The highest BCUT2D eigenvalue weighted by molar-refractivity contribution is 7.99. The number of nitro benzene ring substituents is 1. The van der Waals surface area contributed by atoms with Gasteiger partial charge in [0, 0.05) is 34.5 Å². The minimum Gasteiger partial charge on any atom is -0.350 e. The van der Waals surface area contributed by atoms with Crippen LogP contribution in [0.2, 0.25) is 0 Å². The number of hydrogen-bond donors (Lipinski definition) is 2. The zero-order valence-corrected chi connectivity index (χ0v) is 16.2. The van der Waals surface area contributed by atoms with Gasteiger partial charge in [-0.25, -0.2) is 0 Å². The molecule has 1 amide bonds. The van der Waals surface area contributed by atoms with Crippen molar-refractivity contribution in [1.29, 1.82) is 0 Å². The predicted molar refractivity (Wildman–Crippen MR) is 106 cm³/mol. The Hall–Kier alpha value is -2.09. The fraction of sp³-hybridized carbons (Fsp3) is 0.278. The molecule has 0 unspecified atom stereocenters. The molecule has 0 fully saturated rings. The summed E-state index contributed by atoms with van der Waals surface area (Å²) < 4.78 is 0. The minimum absolute atomic E-state index is 0. The van der Waals surface area contributed by atoms with E-state index in [1.807, 2.05) is 44.2 Å². The zero-order chi connectivity index (χ0) is 18.2. The molecule has 0 aliphatic carbocycles. The lowest BCUT2D eigenvalue weighted by molar-refractivity contribution is -0.384. The average molecular weight is 396 g/mol. The molecule has 0 bridgehead atoms. The molecule has 1 atom stereocenters. The second kappa shape index (κ2) is 10.8. The average Bonchev–Trinajstić information content (AvgIpc) is 2.61. The molecule has 0 aliphatic heterocycles. The highest BCUT2D eigenvalue weighted by Gasteiger charge is 2.18. The molecule has 8 heteroatoms. The molecule has 2 rings (SSSR count). The van der Waals surface area contributed by atoms with Crippen LogP contribution >= 0.6 is 24.2 Å². The number of hydrogen-bond acceptors (Lipinski definition) is 5. The Morgan fingerprint density at radius 1 is 1.23 bits per heavy atom. The molecule has 2 aromatic carbocycles. The fourth-order valence-corrected chi connectivity index (χ4v) is 3.22. The molecule has 2 N–H and O–H groups in total. The number of halogens is 1. The van der Waals surface area contributed by atoms with Crippen molar-refractivity contribution < 1.29 is 9.72 Å². The van der Waals surface area contributed by atoms with Gasteiger partial charge in [0.25, 0.3) is 11.6 Å². The summed E-state index contributed by atoms with van der Waals surface area (Å²) in [5.74, 6) is -0.313. The Labute approximate surface area is 163 Å². The van der Waals surface area contributed by atoms with Crippen LogP contribution in [0, 0.1) is 10.1 Å². The van der Waals surface area contributed by atoms with Crippen LogP contribution in [0.5, 0.6) is 0 Å². The van der Waals surface area contributed by atoms with Gasteiger partial charge in [0.05, 0.1) is 10.5 Å². The van der Waals surface area contributed by atoms with Crippen LogP contribution in [0.3, 0.4) is 0 Å². The third-order valence-electron chi connectivity index (χ3n) is 3.51. The molecule has 0 saturated heterocycles. The molecule has 0 aliphatic rings. The van der Waals surface area contributed by atoms with Crippen LogP contribution in [-0.2, 0) is 0 Å². The number of carbonyl (C=O) groups is 1. The quantitative estimate of drug-likeness (QED) is 0.523. The second-order valence-corrected chi connectivity index (χ2v) is 6.64. The number of nitrogens with one attached hydrogen (secondary N) is 2. The number of rotatable bonds is 8. The highest BCUT2D eigenvalue weighted by Crippen LogP contribution is 2.32. The van der Waals surface area contributed by atoms with Gasteiger partial charge in [-0.15, -0.1) is 12.4 Å². The first kappa shape index (κ1) is 22.0. The van der Waals surface area contributed by atoms with Gasteiger partial charge in [-0.2, -0.15) is 0 Å². The van der Waals surface area contributed by atoms with Crippen LogP contribution in [0.15, 0.2) is 58.3 Å². The number of nitro groups is 1. The van der Waals surface area contributed by atoms with Gasteiger partial charge in [0.1, 0.15) is 0 Å². The summed E-state index contributed by atoms with van der Waals surface area (Å²) in [7, 11) is 0. The van der Waals surface area contributed by atoms with E-state index in [0.717, 1.165) is 11.4 Å². The minimum atomic E-state index is -0.491. The first-order chi connectivity index (χ1) is 12.0. The van der Waals surface area contributed by atoms with E-state index in [2.05, 4.69) is 10.6 Å². The summed E-state index contributed by atoms with van der Waals surface area (Å²) in [4.78, 5) is 24.8. The third kappa shape index (κ3) is 6.33. The van der Waals surface area contributed by atoms with Crippen LogP contribution < -0.4 is 10.6 Å². The molecule has 140 valence electrons. The molecule has 6 nitrogen and oxygen atoms in total. The van der Waals surface area contributed by atoms with Gasteiger partial charge in [-0.3, -0.25) is 14.9 Å². The Morgan fingerprint density at radius 2 is 1.92 bits per heavy atom. The lowest BCUT2D eigenvalue weighted by Crippen LogP contribution is -2.38. The predicted octanol–water partition coefficient (Wildman–Crippen LogP) is 3.90. The van der Waals surface area contributed by atoms with E-state index < -0.39 is 4.92 Å². The van der Waals surface area contributed by atoms with E-state index in [4.69, 9.17) is 0 Å². The number of carbonyl (C=O) groups excluding carboxylic acids is 1. The maximum Gasteiger partial charge on any atom is 0.270 e. The van der Waals surface area contributed by atoms with Crippen LogP contribution in [0.1, 0.15) is 24.2 Å². The van der Waals surface area contributed by atoms with Crippen molar-refractivity contribution in [3.05, 3.63) is 64.2 Å². The Kier molecular flexibility index (Phi) is 9.12. The van der Waals surface area contributed by atoms with Crippen molar-refractivity contribution in [1.82, 2.24) is 10.6 Å². The number of nitrogens with zero attached hydrogens (tertiary/aromatic N) is 1. The molecule has 0 radical (unpaired) electrons. The fourth-order valence-electron chi connectivity index (χ4n) is 2.28. The van der Waals surface area contributed by atoms with Crippen LogP contribution in [-0.4, -0.2) is 30.0 Å². The summed E-state index contributed by atoms with van der Waals surface area (Å²) >= 11 is 1.41. The van der Waals surface area contributed by atoms with Crippen LogP contribution in [0.25, 0.3) is 0 Å². The number of likely N-dealkylation sites (N-methyl/N-ethyl adjacent to an activating group) is 1. The van der Waals surface area contributed by atoms with Gasteiger partial charge >= 0.3 is 0 Å². The third-order valence-corrected chi connectivity index (χ3v) is 4.59. The summed E-state index contributed by atoms with van der Waals surface area (Å²) in [6, 6.07) is 14.1. The summed E-state index contributed by atoms with van der Waals surface area (Å²) in [6.45, 7) is 5.22. The van der Waals surface area contributed by atoms with E-state index in [0.29, 0.717) is 17.0 Å². The molecule has 0 saturated carbocycles. The monoisotopic (exact) mass is 395 g/mol. The standard InChI is InChI=1S/C18H21N3O3S.ClH/c1-3-19-13(2)12-20-18(22)16-11-14(21(23)24)9-10-17(16)25-15-7-5-4-6-8-15;/h4-11,13,19H,3,12H2,1-2H3,(H,20,22);1H/t13-;/m1./s1. The summed E-state index contributed by atoms with van der Waals surface area (Å²) in [5.41, 5.74) is 0.217. The number of non-ortho nitro benzene ring substituents is 1. The maximum absolute atomic E-state index is 12.6. The SMILES string of the molecule is CCN[C@H](C)CNC(=O)c1cc([N+](=O)[O-])ccc1Sc1ccccc1.Cl. The van der Waals surface area contributed by atoms with E-state index in [1.165, 1.54) is 23.9 Å². The largest absolute Gasteiger partial charge is 0.350 e. The van der Waals surface area contributed by atoms with E-state index in [9.17, 15) is 14.9 Å². The first-order valence-electron chi connectivity index (χ1n) is 8.04. The second-order valence-electron chi connectivity index (χ2n) is 5.52. The van der Waals surface area contributed by atoms with Crippen molar-refractivity contribution in [2.24, 2.45) is 0 Å². The molecule has 2 aromatic rings. The topological polar surface area (TPSA) is 84.3 Å². The lowest BCUT2D eigenvalue weighted by atomic mass is 10.2. The van der Waals surface area contributed by atoms with Crippen molar-refractivity contribution >= 4 is 35.8 Å². The van der Waals surface area contributed by atoms with E-state index in [1.54, 1.807) is 6.07 Å². The molecule has 0 aromatic heterocycles. The van der Waals surface area contributed by atoms with Crippen molar-refractivity contribution in [3.8, 4) is 0 Å². The number of amides is 1. The Bertz CT molecular complexity index is 744. The molecular weight excluding hydrogens is 374 g/mol.